The van der Waals surface area contributed by atoms with Crippen LogP contribution in [0.2, 0.25) is 0 Å². The van der Waals surface area contributed by atoms with E-state index >= 15 is 0 Å². The third kappa shape index (κ3) is 5.35. The van der Waals surface area contributed by atoms with E-state index in [4.69, 9.17) is 5.73 Å². The Balaban J connectivity index is 1.48. The van der Waals surface area contributed by atoms with E-state index in [9.17, 15) is 0 Å². The second-order valence-corrected chi connectivity index (χ2v) is 15.7. The zero-order valence-electron chi connectivity index (χ0n) is 29.4. The maximum absolute atomic E-state index is 6.25. The zero-order valence-corrected chi connectivity index (χ0v) is 29.4. The quantitative estimate of drug-likeness (QED) is 0.192. The van der Waals surface area contributed by atoms with Crippen LogP contribution < -0.4 is 5.73 Å². The first-order valence-corrected chi connectivity index (χ1v) is 17.4. The summed E-state index contributed by atoms with van der Waals surface area (Å²) in [6.45, 7) is 13.7. The van der Waals surface area contributed by atoms with Crippen molar-refractivity contribution in [2.75, 3.05) is 5.73 Å². The molecule has 240 valence electrons. The summed E-state index contributed by atoms with van der Waals surface area (Å²) in [6.07, 6.45) is 0. The highest BCUT2D eigenvalue weighted by molar-refractivity contribution is 6.22. The molecule has 0 saturated carbocycles. The van der Waals surface area contributed by atoms with Crippen LogP contribution in [-0.2, 0) is 10.8 Å². The van der Waals surface area contributed by atoms with Gasteiger partial charge in [-0.15, -0.1) is 0 Å². The lowest BCUT2D eigenvalue weighted by Gasteiger charge is -2.23. The van der Waals surface area contributed by atoms with E-state index in [1.165, 1.54) is 77.5 Å². The first kappa shape index (κ1) is 30.9. The normalized spacial score (nSPS) is 12.4. The van der Waals surface area contributed by atoms with Crippen LogP contribution in [0, 0.1) is 0 Å². The molecule has 7 aromatic carbocycles. The molecule has 0 heterocycles. The zero-order chi connectivity index (χ0) is 34.1. The molecule has 1 aliphatic rings. The highest BCUT2D eigenvalue weighted by Crippen LogP contribution is 2.57. The van der Waals surface area contributed by atoms with Crippen molar-refractivity contribution in [1.29, 1.82) is 0 Å². The van der Waals surface area contributed by atoms with E-state index in [-0.39, 0.29) is 10.8 Å². The highest BCUT2D eigenvalue weighted by Gasteiger charge is 2.30. The summed E-state index contributed by atoms with van der Waals surface area (Å²) in [4.78, 5) is 0. The third-order valence-electron chi connectivity index (χ3n) is 10.3. The number of rotatable bonds is 4. The molecule has 0 fully saturated rings. The molecule has 2 N–H and O–H groups in total. The van der Waals surface area contributed by atoms with Crippen LogP contribution in [0.3, 0.4) is 0 Å². The maximum atomic E-state index is 6.25. The van der Waals surface area contributed by atoms with Gasteiger partial charge in [0.25, 0.3) is 0 Å². The van der Waals surface area contributed by atoms with Gasteiger partial charge in [-0.1, -0.05) is 157 Å². The highest BCUT2D eigenvalue weighted by atomic mass is 14.5. The number of nitrogen functional groups attached to an aromatic ring is 1. The van der Waals surface area contributed by atoms with Gasteiger partial charge in [0.2, 0.25) is 0 Å². The molecule has 0 amide bonds. The first-order valence-electron chi connectivity index (χ1n) is 17.4. The first-order chi connectivity index (χ1) is 23.5. The van der Waals surface area contributed by atoms with Crippen molar-refractivity contribution < 1.29 is 0 Å². The molecule has 1 nitrogen and oxygen atoms in total. The van der Waals surface area contributed by atoms with Crippen molar-refractivity contribution in [3.63, 3.8) is 0 Å². The van der Waals surface area contributed by atoms with E-state index < -0.39 is 0 Å². The van der Waals surface area contributed by atoms with Crippen molar-refractivity contribution in [1.82, 2.24) is 0 Å². The molecule has 8 rings (SSSR count). The molecule has 0 spiro atoms. The van der Waals surface area contributed by atoms with Crippen LogP contribution in [0.15, 0.2) is 140 Å². The summed E-state index contributed by atoms with van der Waals surface area (Å²) in [5, 5.41) is 2.62. The smallest absolute Gasteiger partial charge is 0.0320 e. The van der Waals surface area contributed by atoms with E-state index in [0.29, 0.717) is 0 Å². The standard InChI is InChI=1S/C48H43N/c1-47(2,3)36-23-19-30(20-24-36)41-29-42(35-15-7-13-33(27-35)34-14-8-16-38(49)28-34)44(32-21-25-37(26-22-32)48(4,5)6)46-40-18-10-12-31-11-9-17-39(43(31)40)45(41)46/h7-29H,49H2,1-6H3. The van der Waals surface area contributed by atoms with Crippen molar-refractivity contribution in [2.24, 2.45) is 0 Å². The average Bonchev–Trinajstić information content (AvgIpc) is 3.43. The van der Waals surface area contributed by atoms with Gasteiger partial charge in [0.15, 0.2) is 0 Å². The average molecular weight is 634 g/mol. The lowest BCUT2D eigenvalue weighted by Crippen LogP contribution is -2.10. The van der Waals surface area contributed by atoms with Crippen LogP contribution in [0.4, 0.5) is 5.69 Å². The molecule has 0 aliphatic heterocycles. The Morgan fingerprint density at radius 3 is 1.45 bits per heavy atom. The second-order valence-electron chi connectivity index (χ2n) is 15.7. The van der Waals surface area contributed by atoms with Crippen molar-refractivity contribution in [3.05, 3.63) is 151 Å². The lowest BCUT2D eigenvalue weighted by molar-refractivity contribution is 0.590. The monoisotopic (exact) mass is 633 g/mol. The van der Waals surface area contributed by atoms with Crippen LogP contribution in [-0.4, -0.2) is 0 Å². The molecular weight excluding hydrogens is 591 g/mol. The van der Waals surface area contributed by atoms with Gasteiger partial charge in [0.1, 0.15) is 0 Å². The summed E-state index contributed by atoms with van der Waals surface area (Å²) < 4.78 is 0. The fraction of sp³-hybridized carbons (Fsp3) is 0.167. The molecule has 0 saturated heterocycles. The molecule has 0 bridgehead atoms. The van der Waals surface area contributed by atoms with Crippen LogP contribution in [0.25, 0.3) is 77.5 Å². The topological polar surface area (TPSA) is 26.0 Å². The molecule has 0 aromatic heterocycles. The Kier molecular flexibility index (Phi) is 7.16. The fourth-order valence-corrected chi connectivity index (χ4v) is 7.62. The second kappa shape index (κ2) is 11.3. The SMILES string of the molecule is CC(C)(C)c1ccc(-c2cc(-c3cccc(-c4cccc(N)c4)c3)c(-c3ccc(C(C)(C)C)cc3)c3c2-c2cccc4cccc-3c24)cc1. The Morgan fingerprint density at radius 2 is 0.857 bits per heavy atom. The maximum Gasteiger partial charge on any atom is 0.0320 e. The Labute approximate surface area is 291 Å². The van der Waals surface area contributed by atoms with Crippen molar-refractivity contribution in [2.45, 2.75) is 52.4 Å². The molecular formula is C48H43N. The summed E-state index contributed by atoms with van der Waals surface area (Å²) in [5.74, 6) is 0. The minimum Gasteiger partial charge on any atom is -0.399 e. The largest absolute Gasteiger partial charge is 0.399 e. The molecule has 0 radical (unpaired) electrons. The van der Waals surface area contributed by atoms with E-state index in [2.05, 4.69) is 169 Å². The van der Waals surface area contributed by atoms with Gasteiger partial charge in [-0.25, -0.2) is 0 Å². The fourth-order valence-electron chi connectivity index (χ4n) is 7.62. The minimum atomic E-state index is 0.0695. The Bertz CT molecular complexity index is 2370. The minimum absolute atomic E-state index is 0.0695. The van der Waals surface area contributed by atoms with Crippen molar-refractivity contribution in [3.8, 4) is 66.8 Å². The van der Waals surface area contributed by atoms with Crippen LogP contribution in [0.5, 0.6) is 0 Å². The molecule has 0 unspecified atom stereocenters. The molecule has 49 heavy (non-hydrogen) atoms. The van der Waals surface area contributed by atoms with Gasteiger partial charge in [0.05, 0.1) is 0 Å². The number of fused-ring (bicyclic) bond motifs is 3. The predicted octanol–water partition coefficient (Wildman–Crippen LogP) is 13.3. The molecule has 1 aliphatic carbocycles. The van der Waals surface area contributed by atoms with E-state index in [0.717, 1.165) is 16.8 Å². The number of hydrogen-bond donors (Lipinski definition) is 1. The summed E-state index contributed by atoms with van der Waals surface area (Å²) in [7, 11) is 0. The predicted molar refractivity (Wildman–Crippen MR) is 212 cm³/mol. The number of anilines is 1. The lowest BCUT2D eigenvalue weighted by atomic mass is 9.80. The summed E-state index contributed by atoms with van der Waals surface area (Å²) >= 11 is 0. The number of hydrogen-bond acceptors (Lipinski definition) is 1. The van der Waals surface area contributed by atoms with Crippen molar-refractivity contribution >= 4 is 16.5 Å². The molecule has 0 atom stereocenters. The van der Waals surface area contributed by atoms with Gasteiger partial charge in [-0.3, -0.25) is 0 Å². The van der Waals surface area contributed by atoms with Gasteiger partial charge in [-0.05, 0) is 124 Å². The molecule has 1 heteroatoms. The Morgan fingerprint density at radius 1 is 0.367 bits per heavy atom. The summed E-state index contributed by atoms with van der Waals surface area (Å²) in [6, 6.07) is 51.7. The number of benzene rings is 7. The van der Waals surface area contributed by atoms with Crippen LogP contribution >= 0.6 is 0 Å². The van der Waals surface area contributed by atoms with Crippen LogP contribution in [0.1, 0.15) is 52.7 Å². The van der Waals surface area contributed by atoms with E-state index in [1.54, 1.807) is 0 Å². The van der Waals surface area contributed by atoms with Gasteiger partial charge < -0.3 is 5.73 Å². The molecule has 7 aromatic rings. The number of nitrogens with two attached hydrogens (primary N) is 1. The van der Waals surface area contributed by atoms with Gasteiger partial charge >= 0.3 is 0 Å². The van der Waals surface area contributed by atoms with Gasteiger partial charge in [0, 0.05) is 5.69 Å². The van der Waals surface area contributed by atoms with Gasteiger partial charge in [-0.2, -0.15) is 0 Å². The van der Waals surface area contributed by atoms with E-state index in [1.807, 2.05) is 12.1 Å². The third-order valence-corrected chi connectivity index (χ3v) is 10.3. The summed E-state index contributed by atoms with van der Waals surface area (Å²) in [5.41, 5.74) is 24.8. The Hall–Kier alpha value is -5.40.